The fourth-order valence-corrected chi connectivity index (χ4v) is 3.74. The maximum absolute atomic E-state index is 13.7. The minimum Gasteiger partial charge on any atom is -0.444 e. The molecule has 0 aliphatic carbocycles. The summed E-state index contributed by atoms with van der Waals surface area (Å²) in [6.07, 6.45) is -0.686. The lowest BCUT2D eigenvalue weighted by Crippen LogP contribution is -2.53. The Morgan fingerprint density at radius 2 is 1.51 bits per heavy atom. The van der Waals surface area contributed by atoms with Gasteiger partial charge < -0.3 is 20.3 Å². The summed E-state index contributed by atoms with van der Waals surface area (Å²) in [5.41, 5.74) is 3.72. The van der Waals surface area contributed by atoms with Crippen molar-refractivity contribution in [3.8, 4) is 0 Å². The second kappa shape index (κ2) is 11.4. The zero-order chi connectivity index (χ0) is 26.5. The summed E-state index contributed by atoms with van der Waals surface area (Å²) in [6, 6.07) is 11.1. The van der Waals surface area contributed by atoms with E-state index in [2.05, 4.69) is 10.6 Å². The van der Waals surface area contributed by atoms with E-state index < -0.39 is 23.8 Å². The van der Waals surface area contributed by atoms with E-state index >= 15 is 0 Å². The molecule has 0 bridgehead atoms. The van der Waals surface area contributed by atoms with E-state index in [1.54, 1.807) is 27.7 Å². The van der Waals surface area contributed by atoms with Crippen LogP contribution in [0.2, 0.25) is 0 Å². The lowest BCUT2D eigenvalue weighted by Gasteiger charge is -2.36. The van der Waals surface area contributed by atoms with Crippen molar-refractivity contribution >= 4 is 23.6 Å². The van der Waals surface area contributed by atoms with Gasteiger partial charge in [-0.25, -0.2) is 4.79 Å². The molecule has 0 aromatic heterocycles. The highest BCUT2D eigenvalue weighted by atomic mass is 16.6. The zero-order valence-corrected chi connectivity index (χ0v) is 22.4. The molecule has 0 fully saturated rings. The number of benzene rings is 2. The van der Waals surface area contributed by atoms with Crippen molar-refractivity contribution in [3.05, 3.63) is 64.7 Å². The van der Waals surface area contributed by atoms with Gasteiger partial charge in [0, 0.05) is 11.7 Å². The molecule has 2 unspecified atom stereocenters. The van der Waals surface area contributed by atoms with E-state index in [0.717, 1.165) is 16.7 Å². The average molecular weight is 482 g/mol. The third-order valence-electron chi connectivity index (χ3n) is 5.69. The monoisotopic (exact) mass is 481 g/mol. The van der Waals surface area contributed by atoms with Crippen LogP contribution in [0.1, 0.15) is 69.8 Å². The topological polar surface area (TPSA) is 87.7 Å². The largest absolute Gasteiger partial charge is 0.444 e. The number of carbonyl (C=O) groups excluding carboxylic acids is 3. The van der Waals surface area contributed by atoms with Crippen LogP contribution >= 0.6 is 0 Å². The molecule has 190 valence electrons. The molecule has 2 rings (SSSR count). The molecule has 0 spiro atoms. The van der Waals surface area contributed by atoms with Crippen LogP contribution in [-0.4, -0.2) is 40.5 Å². The molecule has 7 heteroatoms. The van der Waals surface area contributed by atoms with Gasteiger partial charge >= 0.3 is 6.09 Å². The summed E-state index contributed by atoms with van der Waals surface area (Å²) in [4.78, 5) is 41.2. The van der Waals surface area contributed by atoms with Crippen LogP contribution in [-0.2, 0) is 14.3 Å². The van der Waals surface area contributed by atoms with E-state index in [1.807, 2.05) is 77.1 Å². The Labute approximate surface area is 209 Å². The number of ether oxygens (including phenoxy) is 1. The van der Waals surface area contributed by atoms with Crippen LogP contribution < -0.4 is 10.6 Å². The molecule has 0 aliphatic heterocycles. The summed E-state index contributed by atoms with van der Waals surface area (Å²) in [5.74, 6) is -0.705. The first-order chi connectivity index (χ1) is 16.2. The Balaban J connectivity index is 2.46. The maximum atomic E-state index is 13.7. The van der Waals surface area contributed by atoms with Crippen LogP contribution in [0.25, 0.3) is 0 Å². The normalized spacial score (nSPS) is 13.1. The molecular formula is C28H39N3O4. The van der Waals surface area contributed by atoms with Crippen molar-refractivity contribution in [2.24, 2.45) is 0 Å². The van der Waals surface area contributed by atoms with Gasteiger partial charge in [0.15, 0.2) is 0 Å². The first kappa shape index (κ1) is 27.9. The summed E-state index contributed by atoms with van der Waals surface area (Å²) < 4.78 is 5.31. The maximum Gasteiger partial charge on any atom is 0.408 e. The lowest BCUT2D eigenvalue weighted by molar-refractivity contribution is -0.142. The Hall–Kier alpha value is -3.35. The number of aryl methyl sites for hydroxylation is 3. The number of anilines is 1. The van der Waals surface area contributed by atoms with Gasteiger partial charge in [-0.05, 0) is 90.6 Å². The second-order valence-corrected chi connectivity index (χ2v) is 10.3. The Bertz CT molecular complexity index is 1070. The fraction of sp³-hybridized carbons (Fsp3) is 0.464. The molecule has 0 heterocycles. The third-order valence-corrected chi connectivity index (χ3v) is 5.69. The van der Waals surface area contributed by atoms with Gasteiger partial charge in [-0.3, -0.25) is 9.59 Å². The highest BCUT2D eigenvalue weighted by Gasteiger charge is 2.36. The molecule has 2 atom stereocenters. The molecule has 0 radical (unpaired) electrons. The fourth-order valence-electron chi connectivity index (χ4n) is 3.74. The predicted octanol–water partition coefficient (Wildman–Crippen LogP) is 5.44. The quantitative estimate of drug-likeness (QED) is 0.551. The summed E-state index contributed by atoms with van der Waals surface area (Å²) in [5, 5.41) is 5.61. The van der Waals surface area contributed by atoms with E-state index in [0.29, 0.717) is 11.3 Å². The molecule has 35 heavy (non-hydrogen) atoms. The number of nitrogens with zero attached hydrogens (tertiary/aromatic N) is 1. The highest BCUT2D eigenvalue weighted by Crippen LogP contribution is 2.28. The van der Waals surface area contributed by atoms with E-state index in [-0.39, 0.29) is 17.9 Å². The van der Waals surface area contributed by atoms with Gasteiger partial charge in [0.1, 0.15) is 17.7 Å². The Morgan fingerprint density at radius 3 is 2.06 bits per heavy atom. The number of nitrogens with one attached hydrogen (secondary N) is 2. The number of alkyl carbamates (subject to hydrolysis) is 1. The van der Waals surface area contributed by atoms with Gasteiger partial charge in [0.05, 0.1) is 0 Å². The zero-order valence-electron chi connectivity index (χ0n) is 22.4. The molecule has 2 aromatic rings. The van der Waals surface area contributed by atoms with Gasteiger partial charge in [0.25, 0.3) is 5.91 Å². The molecular weight excluding hydrogens is 442 g/mol. The van der Waals surface area contributed by atoms with Crippen molar-refractivity contribution in [1.82, 2.24) is 10.2 Å². The van der Waals surface area contributed by atoms with Crippen molar-refractivity contribution in [2.45, 2.75) is 86.0 Å². The smallest absolute Gasteiger partial charge is 0.408 e. The molecule has 2 N–H and O–H groups in total. The van der Waals surface area contributed by atoms with Gasteiger partial charge in [0.2, 0.25) is 5.91 Å². The predicted molar refractivity (Wildman–Crippen MR) is 139 cm³/mol. The Morgan fingerprint density at radius 1 is 0.886 bits per heavy atom. The summed E-state index contributed by atoms with van der Waals surface area (Å²) >= 11 is 0. The van der Waals surface area contributed by atoms with Gasteiger partial charge in [-0.15, -0.1) is 0 Å². The number of rotatable bonds is 7. The van der Waals surface area contributed by atoms with Crippen molar-refractivity contribution < 1.29 is 19.1 Å². The van der Waals surface area contributed by atoms with E-state index in [4.69, 9.17) is 4.74 Å². The first-order valence-corrected chi connectivity index (χ1v) is 12.0. The van der Waals surface area contributed by atoms with E-state index in [9.17, 15) is 14.4 Å². The van der Waals surface area contributed by atoms with Crippen LogP contribution in [0.3, 0.4) is 0 Å². The van der Waals surface area contributed by atoms with Crippen molar-refractivity contribution in [2.75, 3.05) is 5.32 Å². The average Bonchev–Trinajstić information content (AvgIpc) is 2.73. The van der Waals surface area contributed by atoms with Crippen LogP contribution in [0.4, 0.5) is 10.5 Å². The SMILES string of the molecule is Cc1ccc(C(C(=O)Nc2ccccc2C)N(C(=O)C(C)NC(=O)OC(C)(C)C)C(C)C)cc1C. The number of carbonyl (C=O) groups is 3. The highest BCUT2D eigenvalue weighted by molar-refractivity contribution is 5.99. The van der Waals surface area contributed by atoms with Crippen LogP contribution in [0.5, 0.6) is 0 Å². The summed E-state index contributed by atoms with van der Waals surface area (Å²) in [7, 11) is 0. The lowest BCUT2D eigenvalue weighted by atomic mass is 9.97. The van der Waals surface area contributed by atoms with Gasteiger partial charge in [-0.1, -0.05) is 36.4 Å². The molecule has 2 aromatic carbocycles. The van der Waals surface area contributed by atoms with Crippen LogP contribution in [0.15, 0.2) is 42.5 Å². The summed E-state index contributed by atoms with van der Waals surface area (Å²) in [6.45, 7) is 16.5. The molecule has 0 saturated carbocycles. The molecule has 0 aliphatic rings. The van der Waals surface area contributed by atoms with Crippen LogP contribution in [0, 0.1) is 20.8 Å². The molecule has 0 saturated heterocycles. The van der Waals surface area contributed by atoms with Crippen molar-refractivity contribution in [3.63, 3.8) is 0 Å². The van der Waals surface area contributed by atoms with Crippen molar-refractivity contribution in [1.29, 1.82) is 0 Å². The number of para-hydroxylation sites is 1. The Kier molecular flexibility index (Phi) is 9.07. The third kappa shape index (κ3) is 7.57. The molecule has 7 nitrogen and oxygen atoms in total. The minimum absolute atomic E-state index is 0.320. The number of hydrogen-bond donors (Lipinski definition) is 2. The number of hydrogen-bond acceptors (Lipinski definition) is 4. The van der Waals surface area contributed by atoms with E-state index in [1.165, 1.54) is 4.90 Å². The second-order valence-electron chi connectivity index (χ2n) is 10.3. The number of amides is 3. The minimum atomic E-state index is -0.899. The standard InChI is InChI=1S/C28H39N3O4/c1-17(2)31(26(33)21(6)29-27(34)35-28(7,8)9)24(22-15-14-18(3)20(5)16-22)25(32)30-23-13-11-10-12-19(23)4/h10-17,21,24H,1-9H3,(H,29,34)(H,30,32). The first-order valence-electron chi connectivity index (χ1n) is 12.0. The van der Waals surface area contributed by atoms with Gasteiger partial charge in [-0.2, -0.15) is 0 Å². The molecule has 3 amide bonds.